The van der Waals surface area contributed by atoms with Crippen LogP contribution in [-0.4, -0.2) is 15.2 Å². The molecule has 0 aliphatic heterocycles. The Morgan fingerprint density at radius 2 is 2.14 bits per heavy atom. The third kappa shape index (κ3) is 3.02. The summed E-state index contributed by atoms with van der Waals surface area (Å²) in [7, 11) is 0. The van der Waals surface area contributed by atoms with Crippen LogP contribution < -0.4 is 0 Å². The average molecular weight is 284 g/mol. The number of hydrogen-bond acceptors (Lipinski definition) is 2. The summed E-state index contributed by atoms with van der Waals surface area (Å²) in [6.45, 7) is 6.86. The van der Waals surface area contributed by atoms with Crippen molar-refractivity contribution in [2.75, 3.05) is 0 Å². The fourth-order valence-corrected chi connectivity index (χ4v) is 3.44. The number of carbonyl (C=O) groups is 1. The normalized spacial score (nSPS) is 23.7. The quantitative estimate of drug-likeness (QED) is 0.838. The zero-order chi connectivity index (χ0) is 15.0. The molecule has 1 aliphatic carbocycles. The standard InChI is InChI=1S/C18H24N2O/c1-18(2,3)14-7-8-16(21)13(10-14)11-15-12-20-9-5-4-6-17(20)19-15/h4-6,9,12-14H,7-8,10-11H2,1-3H3. The van der Waals surface area contributed by atoms with Crippen molar-refractivity contribution in [3.63, 3.8) is 0 Å². The lowest BCUT2D eigenvalue weighted by molar-refractivity contribution is -0.126. The number of Topliss-reactive ketones (excluding diaryl/α,β-unsaturated/α-hetero) is 1. The van der Waals surface area contributed by atoms with Crippen molar-refractivity contribution in [1.82, 2.24) is 9.38 Å². The van der Waals surface area contributed by atoms with Gasteiger partial charge in [-0.1, -0.05) is 26.8 Å². The number of nitrogens with zero attached hydrogens (tertiary/aromatic N) is 2. The molecule has 0 N–H and O–H groups in total. The minimum Gasteiger partial charge on any atom is -0.307 e. The lowest BCUT2D eigenvalue weighted by Gasteiger charge is -2.36. The van der Waals surface area contributed by atoms with Crippen LogP contribution in [0, 0.1) is 17.3 Å². The van der Waals surface area contributed by atoms with E-state index in [0.717, 1.165) is 37.0 Å². The van der Waals surface area contributed by atoms with Crippen molar-refractivity contribution < 1.29 is 4.79 Å². The molecule has 0 saturated heterocycles. The zero-order valence-electron chi connectivity index (χ0n) is 13.2. The summed E-state index contributed by atoms with van der Waals surface area (Å²) in [5.41, 5.74) is 2.29. The largest absolute Gasteiger partial charge is 0.307 e. The van der Waals surface area contributed by atoms with E-state index in [2.05, 4.69) is 32.0 Å². The van der Waals surface area contributed by atoms with Gasteiger partial charge in [-0.2, -0.15) is 0 Å². The van der Waals surface area contributed by atoms with E-state index >= 15 is 0 Å². The molecule has 0 radical (unpaired) electrons. The van der Waals surface area contributed by atoms with Gasteiger partial charge in [-0.25, -0.2) is 4.98 Å². The lowest BCUT2D eigenvalue weighted by atomic mass is 9.68. The third-order valence-electron chi connectivity index (χ3n) is 4.86. The molecule has 0 spiro atoms. The molecule has 21 heavy (non-hydrogen) atoms. The van der Waals surface area contributed by atoms with Crippen LogP contribution in [0.5, 0.6) is 0 Å². The van der Waals surface area contributed by atoms with E-state index in [9.17, 15) is 4.79 Å². The summed E-state index contributed by atoms with van der Waals surface area (Å²) in [4.78, 5) is 16.9. The predicted octanol–water partition coefficient (Wildman–Crippen LogP) is 3.91. The Morgan fingerprint density at radius 3 is 2.86 bits per heavy atom. The maximum atomic E-state index is 12.3. The van der Waals surface area contributed by atoms with E-state index in [4.69, 9.17) is 0 Å². The van der Waals surface area contributed by atoms with Crippen molar-refractivity contribution in [1.29, 1.82) is 0 Å². The van der Waals surface area contributed by atoms with E-state index < -0.39 is 0 Å². The molecule has 3 rings (SSSR count). The van der Waals surface area contributed by atoms with Gasteiger partial charge in [-0.05, 0) is 36.3 Å². The minimum atomic E-state index is 0.146. The van der Waals surface area contributed by atoms with Crippen LogP contribution in [-0.2, 0) is 11.2 Å². The monoisotopic (exact) mass is 284 g/mol. The predicted molar refractivity (Wildman–Crippen MR) is 84.2 cm³/mol. The second kappa shape index (κ2) is 5.28. The maximum Gasteiger partial charge on any atom is 0.136 e. The highest BCUT2D eigenvalue weighted by Gasteiger charge is 2.35. The molecule has 2 atom stereocenters. The van der Waals surface area contributed by atoms with Crippen LogP contribution in [0.1, 0.15) is 45.7 Å². The summed E-state index contributed by atoms with van der Waals surface area (Å²) >= 11 is 0. The van der Waals surface area contributed by atoms with Crippen LogP contribution >= 0.6 is 0 Å². The van der Waals surface area contributed by atoms with Crippen LogP contribution in [0.15, 0.2) is 30.6 Å². The number of fused-ring (bicyclic) bond motifs is 1. The first kappa shape index (κ1) is 14.3. The van der Waals surface area contributed by atoms with Crippen molar-refractivity contribution in [2.45, 2.75) is 46.5 Å². The zero-order valence-corrected chi connectivity index (χ0v) is 13.2. The Kier molecular flexibility index (Phi) is 3.60. The number of hydrogen-bond donors (Lipinski definition) is 0. The molecular weight excluding hydrogens is 260 g/mol. The highest BCUT2D eigenvalue weighted by atomic mass is 16.1. The molecule has 2 aromatic rings. The van der Waals surface area contributed by atoms with Crippen molar-refractivity contribution >= 4 is 11.4 Å². The molecule has 3 heteroatoms. The van der Waals surface area contributed by atoms with Crippen molar-refractivity contribution in [2.24, 2.45) is 17.3 Å². The van der Waals surface area contributed by atoms with Crippen LogP contribution in [0.3, 0.4) is 0 Å². The summed E-state index contributed by atoms with van der Waals surface area (Å²) in [6, 6.07) is 6.00. The number of imidazole rings is 1. The van der Waals surface area contributed by atoms with E-state index in [1.807, 2.05) is 28.8 Å². The van der Waals surface area contributed by atoms with Gasteiger partial charge < -0.3 is 4.40 Å². The summed E-state index contributed by atoms with van der Waals surface area (Å²) in [6.07, 6.45) is 7.64. The topological polar surface area (TPSA) is 34.4 Å². The molecule has 1 saturated carbocycles. The van der Waals surface area contributed by atoms with Gasteiger partial charge in [0.1, 0.15) is 11.4 Å². The molecular formula is C18H24N2O. The first-order valence-electron chi connectivity index (χ1n) is 7.89. The minimum absolute atomic E-state index is 0.146. The van der Waals surface area contributed by atoms with Crippen LogP contribution in [0.25, 0.3) is 5.65 Å². The number of pyridine rings is 1. The number of carbonyl (C=O) groups excluding carboxylic acids is 1. The Bertz CT molecular complexity index is 618. The third-order valence-corrected chi connectivity index (χ3v) is 4.86. The fourth-order valence-electron chi connectivity index (χ4n) is 3.44. The summed E-state index contributed by atoms with van der Waals surface area (Å²) in [5, 5.41) is 0. The maximum absolute atomic E-state index is 12.3. The molecule has 112 valence electrons. The highest BCUT2D eigenvalue weighted by Crippen LogP contribution is 2.39. The molecule has 0 amide bonds. The van der Waals surface area contributed by atoms with E-state index in [1.165, 1.54) is 0 Å². The van der Waals surface area contributed by atoms with E-state index in [0.29, 0.717) is 11.7 Å². The SMILES string of the molecule is CC(C)(C)C1CCC(=O)C(Cc2cn3ccccc3n2)C1. The van der Waals surface area contributed by atoms with Gasteiger partial charge in [0.25, 0.3) is 0 Å². The molecule has 1 aliphatic rings. The average Bonchev–Trinajstić information content (AvgIpc) is 2.82. The fraction of sp³-hybridized carbons (Fsp3) is 0.556. The van der Waals surface area contributed by atoms with Crippen molar-refractivity contribution in [3.05, 3.63) is 36.3 Å². The smallest absolute Gasteiger partial charge is 0.136 e. The molecule has 2 aromatic heterocycles. The van der Waals surface area contributed by atoms with Gasteiger partial charge in [0.05, 0.1) is 5.69 Å². The molecule has 0 aromatic carbocycles. The first-order valence-corrected chi connectivity index (χ1v) is 7.89. The number of rotatable bonds is 2. The second-order valence-electron chi connectivity index (χ2n) is 7.40. The van der Waals surface area contributed by atoms with E-state index in [1.54, 1.807) is 0 Å². The highest BCUT2D eigenvalue weighted by molar-refractivity contribution is 5.82. The Hall–Kier alpha value is -1.64. The molecule has 2 unspecified atom stereocenters. The summed E-state index contributed by atoms with van der Waals surface area (Å²) < 4.78 is 2.03. The second-order valence-corrected chi connectivity index (χ2v) is 7.40. The van der Waals surface area contributed by atoms with Gasteiger partial charge in [0.2, 0.25) is 0 Å². The Balaban J connectivity index is 1.77. The molecule has 0 bridgehead atoms. The van der Waals surface area contributed by atoms with Crippen LogP contribution in [0.2, 0.25) is 0 Å². The van der Waals surface area contributed by atoms with Gasteiger partial charge in [0.15, 0.2) is 0 Å². The molecule has 3 nitrogen and oxygen atoms in total. The number of ketones is 1. The van der Waals surface area contributed by atoms with Gasteiger partial charge in [-0.3, -0.25) is 4.79 Å². The molecule has 1 fully saturated rings. The molecule has 2 heterocycles. The summed E-state index contributed by atoms with van der Waals surface area (Å²) in [5.74, 6) is 1.21. The van der Waals surface area contributed by atoms with Gasteiger partial charge >= 0.3 is 0 Å². The van der Waals surface area contributed by atoms with Crippen molar-refractivity contribution in [3.8, 4) is 0 Å². The van der Waals surface area contributed by atoms with E-state index in [-0.39, 0.29) is 11.3 Å². The lowest BCUT2D eigenvalue weighted by Crippen LogP contribution is -2.33. The van der Waals surface area contributed by atoms with Gasteiger partial charge in [-0.15, -0.1) is 0 Å². The Labute approximate surface area is 126 Å². The number of aromatic nitrogens is 2. The first-order chi connectivity index (χ1) is 9.93. The Morgan fingerprint density at radius 1 is 1.33 bits per heavy atom. The van der Waals surface area contributed by atoms with Crippen LogP contribution in [0.4, 0.5) is 0 Å². The van der Waals surface area contributed by atoms with Gasteiger partial charge in [0, 0.05) is 31.2 Å².